The van der Waals surface area contributed by atoms with Crippen LogP contribution in [-0.2, 0) is 9.47 Å². The Morgan fingerprint density at radius 2 is 1.59 bits per heavy atom. The maximum absolute atomic E-state index is 6.13. The van der Waals surface area contributed by atoms with Crippen molar-refractivity contribution in [2.45, 2.75) is 24.7 Å². The number of halogens is 1. The molecule has 2 aliphatic heterocycles. The Bertz CT molecular complexity index is 945. The molecule has 3 heterocycles. The first-order valence-electron chi connectivity index (χ1n) is 9.89. The first kappa shape index (κ1) is 18.8. The van der Waals surface area contributed by atoms with Crippen LogP contribution in [0, 0.1) is 0 Å². The lowest BCUT2D eigenvalue weighted by Crippen LogP contribution is -2.46. The molecule has 0 unspecified atom stereocenters. The lowest BCUT2D eigenvalue weighted by atomic mass is 9.98. The van der Waals surface area contributed by atoms with Crippen molar-refractivity contribution < 1.29 is 13.9 Å². The number of benzene rings is 2. The molecule has 2 aliphatic rings. The van der Waals surface area contributed by atoms with Gasteiger partial charge in [0.1, 0.15) is 6.04 Å². The highest BCUT2D eigenvalue weighted by Gasteiger charge is 2.42. The normalized spacial score (nSPS) is 20.2. The van der Waals surface area contributed by atoms with Gasteiger partial charge >= 0.3 is 0 Å². The van der Waals surface area contributed by atoms with Crippen LogP contribution in [0.4, 0.5) is 0 Å². The van der Waals surface area contributed by atoms with Crippen molar-refractivity contribution in [1.29, 1.82) is 0 Å². The number of ether oxygens (including phenoxy) is 2. The molecule has 0 saturated carbocycles. The molecule has 6 nitrogen and oxygen atoms in total. The predicted molar refractivity (Wildman–Crippen MR) is 108 cm³/mol. The van der Waals surface area contributed by atoms with Crippen LogP contribution in [0.25, 0.3) is 11.5 Å². The van der Waals surface area contributed by atoms with E-state index in [9.17, 15) is 0 Å². The summed E-state index contributed by atoms with van der Waals surface area (Å²) in [5.41, 5.74) is 1.98. The summed E-state index contributed by atoms with van der Waals surface area (Å²) in [7, 11) is 0. The van der Waals surface area contributed by atoms with E-state index in [2.05, 4.69) is 27.2 Å². The van der Waals surface area contributed by atoms with Crippen LogP contribution in [0.15, 0.2) is 59.0 Å². The molecule has 2 fully saturated rings. The van der Waals surface area contributed by atoms with Crippen LogP contribution in [0.2, 0.25) is 5.02 Å². The molecule has 0 radical (unpaired) electrons. The SMILES string of the molecule is Clc1ccc(-c2nnc([C@H](c3ccccc3)N3CCC4(CC3)OCCO4)o2)cc1. The summed E-state index contributed by atoms with van der Waals surface area (Å²) in [5, 5.41) is 9.37. The Morgan fingerprint density at radius 1 is 0.897 bits per heavy atom. The number of nitrogens with zero attached hydrogens (tertiary/aromatic N) is 3. The number of piperidine rings is 1. The van der Waals surface area contributed by atoms with Gasteiger partial charge in [-0.05, 0) is 29.8 Å². The molecule has 1 aromatic heterocycles. The summed E-state index contributed by atoms with van der Waals surface area (Å²) < 4.78 is 17.9. The van der Waals surface area contributed by atoms with Crippen LogP contribution in [0.1, 0.15) is 30.3 Å². The number of aromatic nitrogens is 2. The zero-order valence-corrected chi connectivity index (χ0v) is 16.7. The molecule has 1 atom stereocenters. The minimum Gasteiger partial charge on any atom is -0.419 e. The maximum atomic E-state index is 6.13. The largest absolute Gasteiger partial charge is 0.419 e. The van der Waals surface area contributed by atoms with Gasteiger partial charge in [-0.25, -0.2) is 0 Å². The first-order valence-corrected chi connectivity index (χ1v) is 10.3. The molecular formula is C22H22ClN3O3. The highest BCUT2D eigenvalue weighted by molar-refractivity contribution is 6.30. The van der Waals surface area contributed by atoms with E-state index in [0.717, 1.165) is 37.1 Å². The van der Waals surface area contributed by atoms with Gasteiger partial charge in [0.05, 0.1) is 13.2 Å². The Kier molecular flexibility index (Phi) is 5.09. The Labute approximate surface area is 174 Å². The van der Waals surface area contributed by atoms with Gasteiger partial charge in [0.25, 0.3) is 0 Å². The van der Waals surface area contributed by atoms with E-state index < -0.39 is 5.79 Å². The highest BCUT2D eigenvalue weighted by atomic mass is 35.5. The van der Waals surface area contributed by atoms with Crippen molar-refractivity contribution in [3.63, 3.8) is 0 Å². The van der Waals surface area contributed by atoms with E-state index in [-0.39, 0.29) is 6.04 Å². The van der Waals surface area contributed by atoms with E-state index in [1.807, 2.05) is 42.5 Å². The van der Waals surface area contributed by atoms with Gasteiger partial charge in [0.2, 0.25) is 11.8 Å². The molecule has 5 rings (SSSR count). The van der Waals surface area contributed by atoms with Gasteiger partial charge in [0, 0.05) is 36.5 Å². The number of hydrogen-bond donors (Lipinski definition) is 0. The molecule has 1 spiro atoms. The van der Waals surface area contributed by atoms with Crippen molar-refractivity contribution in [1.82, 2.24) is 15.1 Å². The third kappa shape index (κ3) is 3.81. The molecule has 2 saturated heterocycles. The van der Waals surface area contributed by atoms with Gasteiger partial charge in [-0.2, -0.15) is 0 Å². The molecule has 0 N–H and O–H groups in total. The molecule has 150 valence electrons. The lowest BCUT2D eigenvalue weighted by molar-refractivity contribution is -0.187. The van der Waals surface area contributed by atoms with Gasteiger partial charge in [0.15, 0.2) is 5.79 Å². The summed E-state index contributed by atoms with van der Waals surface area (Å²) in [5.74, 6) is 0.667. The molecule has 7 heteroatoms. The van der Waals surface area contributed by atoms with Gasteiger partial charge in [-0.1, -0.05) is 41.9 Å². The van der Waals surface area contributed by atoms with E-state index in [4.69, 9.17) is 25.5 Å². The molecule has 29 heavy (non-hydrogen) atoms. The zero-order chi connectivity index (χ0) is 19.7. The molecule has 0 amide bonds. The smallest absolute Gasteiger partial charge is 0.247 e. The summed E-state index contributed by atoms with van der Waals surface area (Å²) >= 11 is 5.99. The molecule has 3 aromatic rings. The van der Waals surface area contributed by atoms with Crippen LogP contribution in [0.5, 0.6) is 0 Å². The second kappa shape index (κ2) is 7.88. The maximum Gasteiger partial charge on any atom is 0.247 e. The third-order valence-corrected chi connectivity index (χ3v) is 5.87. The summed E-state index contributed by atoms with van der Waals surface area (Å²) in [4.78, 5) is 2.37. The van der Waals surface area contributed by atoms with Crippen molar-refractivity contribution in [3.8, 4) is 11.5 Å². The minimum absolute atomic E-state index is 0.108. The quantitative estimate of drug-likeness (QED) is 0.637. The number of hydrogen-bond acceptors (Lipinski definition) is 6. The van der Waals surface area contributed by atoms with E-state index >= 15 is 0 Å². The van der Waals surface area contributed by atoms with Crippen LogP contribution < -0.4 is 0 Å². The topological polar surface area (TPSA) is 60.6 Å². The zero-order valence-electron chi connectivity index (χ0n) is 16.0. The van der Waals surface area contributed by atoms with E-state index in [1.165, 1.54) is 0 Å². The Balaban J connectivity index is 1.43. The monoisotopic (exact) mass is 411 g/mol. The van der Waals surface area contributed by atoms with Gasteiger partial charge in [-0.3, -0.25) is 4.90 Å². The summed E-state index contributed by atoms with van der Waals surface area (Å²) in [6.07, 6.45) is 1.66. The van der Waals surface area contributed by atoms with Crippen LogP contribution in [-0.4, -0.2) is 47.2 Å². The third-order valence-electron chi connectivity index (χ3n) is 5.62. The average molecular weight is 412 g/mol. The Hall–Kier alpha value is -2.25. The first-order chi connectivity index (χ1) is 14.2. The van der Waals surface area contributed by atoms with Crippen LogP contribution >= 0.6 is 11.6 Å². The molecule has 2 aromatic carbocycles. The predicted octanol–water partition coefficient (Wildman–Crippen LogP) is 4.32. The fourth-order valence-corrected chi connectivity index (χ4v) is 4.23. The summed E-state index contributed by atoms with van der Waals surface area (Å²) in [6.45, 7) is 3.02. The van der Waals surface area contributed by atoms with Crippen molar-refractivity contribution in [2.24, 2.45) is 0 Å². The number of rotatable bonds is 4. The molecular weight excluding hydrogens is 390 g/mol. The second-order valence-electron chi connectivity index (χ2n) is 7.41. The molecule has 0 bridgehead atoms. The highest BCUT2D eigenvalue weighted by Crippen LogP contribution is 2.37. The average Bonchev–Trinajstić information content (AvgIpc) is 3.42. The van der Waals surface area contributed by atoms with Crippen LogP contribution in [0.3, 0.4) is 0 Å². The number of likely N-dealkylation sites (tertiary alicyclic amines) is 1. The summed E-state index contributed by atoms with van der Waals surface area (Å²) in [6, 6.07) is 17.6. The minimum atomic E-state index is -0.416. The Morgan fingerprint density at radius 3 is 2.28 bits per heavy atom. The van der Waals surface area contributed by atoms with E-state index in [1.54, 1.807) is 0 Å². The van der Waals surface area contributed by atoms with Gasteiger partial charge in [-0.15, -0.1) is 10.2 Å². The molecule has 0 aliphatic carbocycles. The second-order valence-corrected chi connectivity index (χ2v) is 7.85. The van der Waals surface area contributed by atoms with Crippen molar-refractivity contribution in [2.75, 3.05) is 26.3 Å². The lowest BCUT2D eigenvalue weighted by Gasteiger charge is -2.40. The standard InChI is InChI=1S/C22H22ClN3O3/c23-18-8-6-17(7-9-18)20-24-25-21(29-20)19(16-4-2-1-3-5-16)26-12-10-22(11-13-26)27-14-15-28-22/h1-9,19H,10-15H2/t19-/m0/s1. The van der Waals surface area contributed by atoms with Crippen molar-refractivity contribution >= 4 is 11.6 Å². The fourth-order valence-electron chi connectivity index (χ4n) is 4.11. The fraction of sp³-hybridized carbons (Fsp3) is 0.364. The van der Waals surface area contributed by atoms with Gasteiger partial charge < -0.3 is 13.9 Å². The van der Waals surface area contributed by atoms with Crippen molar-refractivity contribution in [3.05, 3.63) is 71.1 Å². The van der Waals surface area contributed by atoms with E-state index in [0.29, 0.717) is 30.0 Å².